The van der Waals surface area contributed by atoms with Gasteiger partial charge in [0, 0.05) is 11.9 Å². The highest BCUT2D eigenvalue weighted by Gasteiger charge is 2.18. The van der Waals surface area contributed by atoms with Crippen molar-refractivity contribution in [1.29, 1.82) is 0 Å². The lowest BCUT2D eigenvalue weighted by Gasteiger charge is -2.15. The zero-order valence-electron chi connectivity index (χ0n) is 10.5. The maximum atomic E-state index is 12.1. The summed E-state index contributed by atoms with van der Waals surface area (Å²) in [6.07, 6.45) is 1.33. The number of hydrogen-bond donors (Lipinski definition) is 1. The van der Waals surface area contributed by atoms with E-state index in [1.165, 1.54) is 19.2 Å². The summed E-state index contributed by atoms with van der Waals surface area (Å²) in [7, 11) is -1.95. The third-order valence-corrected chi connectivity index (χ3v) is 4.40. The smallest absolute Gasteiger partial charge is 0.240 e. The number of ether oxygens (including phenoxy) is 1. The van der Waals surface area contributed by atoms with Crippen LogP contribution in [0.3, 0.4) is 0 Å². The van der Waals surface area contributed by atoms with Crippen molar-refractivity contribution in [2.75, 3.05) is 13.0 Å². The number of rotatable bonds is 7. The Labute approximate surface area is 113 Å². The fourth-order valence-electron chi connectivity index (χ4n) is 1.52. The van der Waals surface area contributed by atoms with Crippen molar-refractivity contribution < 1.29 is 13.2 Å². The van der Waals surface area contributed by atoms with E-state index in [9.17, 15) is 8.42 Å². The normalized spacial score (nSPS) is 13.3. The van der Waals surface area contributed by atoms with Gasteiger partial charge in [-0.1, -0.05) is 6.92 Å². The number of hydrogen-bond acceptors (Lipinski definition) is 3. The molecule has 0 bridgehead atoms. The first-order valence-electron chi connectivity index (χ1n) is 5.75. The molecule has 0 saturated carbocycles. The summed E-state index contributed by atoms with van der Waals surface area (Å²) in [5, 5.41) is 0. The molecule has 1 rings (SSSR count). The van der Waals surface area contributed by atoms with Crippen LogP contribution in [0.2, 0.25) is 0 Å². The van der Waals surface area contributed by atoms with Gasteiger partial charge in [-0.2, -0.15) is 0 Å². The minimum absolute atomic E-state index is 0.130. The van der Waals surface area contributed by atoms with Crippen molar-refractivity contribution in [3.05, 3.63) is 24.3 Å². The molecule has 1 aromatic rings. The topological polar surface area (TPSA) is 55.4 Å². The summed E-state index contributed by atoms with van der Waals surface area (Å²) < 4.78 is 31.8. The van der Waals surface area contributed by atoms with Crippen LogP contribution in [-0.2, 0) is 10.0 Å². The average Bonchev–Trinajstić information content (AvgIpc) is 2.38. The van der Waals surface area contributed by atoms with Gasteiger partial charge in [0.2, 0.25) is 10.0 Å². The Hall–Kier alpha value is -0.780. The minimum Gasteiger partial charge on any atom is -0.497 e. The minimum atomic E-state index is -3.48. The van der Waals surface area contributed by atoms with E-state index < -0.39 is 10.0 Å². The van der Waals surface area contributed by atoms with E-state index in [4.69, 9.17) is 16.3 Å². The quantitative estimate of drug-likeness (QED) is 0.785. The molecule has 0 radical (unpaired) electrons. The predicted molar refractivity (Wildman–Crippen MR) is 72.7 cm³/mol. The number of nitrogens with one attached hydrogen (secondary N) is 1. The Morgan fingerprint density at radius 1 is 1.33 bits per heavy atom. The first-order chi connectivity index (χ1) is 8.53. The Kier molecular flexibility index (Phi) is 5.91. The van der Waals surface area contributed by atoms with Crippen LogP contribution in [0.25, 0.3) is 0 Å². The molecule has 6 heteroatoms. The molecule has 0 fully saturated rings. The molecule has 1 atom stereocenters. The van der Waals surface area contributed by atoms with Gasteiger partial charge in [0.05, 0.1) is 12.0 Å². The second-order valence-corrected chi connectivity index (χ2v) is 5.97. The number of alkyl halides is 1. The van der Waals surface area contributed by atoms with Gasteiger partial charge >= 0.3 is 0 Å². The Morgan fingerprint density at radius 3 is 2.39 bits per heavy atom. The van der Waals surface area contributed by atoms with Crippen molar-refractivity contribution in [3.63, 3.8) is 0 Å². The van der Waals surface area contributed by atoms with E-state index in [0.29, 0.717) is 24.5 Å². The molecule has 1 N–H and O–H groups in total. The van der Waals surface area contributed by atoms with Crippen LogP contribution in [0.15, 0.2) is 29.2 Å². The van der Waals surface area contributed by atoms with Crippen molar-refractivity contribution in [1.82, 2.24) is 4.72 Å². The van der Waals surface area contributed by atoms with Gasteiger partial charge in [-0.15, -0.1) is 11.6 Å². The maximum Gasteiger partial charge on any atom is 0.240 e. The molecular formula is C12H18ClNO3S. The largest absolute Gasteiger partial charge is 0.497 e. The number of halogens is 1. The van der Waals surface area contributed by atoms with Gasteiger partial charge < -0.3 is 4.74 Å². The van der Waals surface area contributed by atoms with Gasteiger partial charge in [0.15, 0.2) is 0 Å². The van der Waals surface area contributed by atoms with E-state index in [0.717, 1.165) is 0 Å². The number of methoxy groups -OCH3 is 1. The van der Waals surface area contributed by atoms with Crippen LogP contribution in [0.4, 0.5) is 0 Å². The van der Waals surface area contributed by atoms with E-state index in [1.54, 1.807) is 12.1 Å². The highest BCUT2D eigenvalue weighted by atomic mass is 35.5. The molecular weight excluding hydrogens is 274 g/mol. The van der Waals surface area contributed by atoms with Gasteiger partial charge in [-0.25, -0.2) is 13.1 Å². The third kappa shape index (κ3) is 4.15. The molecule has 0 aliphatic rings. The number of benzene rings is 1. The number of sulfonamides is 1. The van der Waals surface area contributed by atoms with Crippen molar-refractivity contribution in [2.45, 2.75) is 30.7 Å². The van der Waals surface area contributed by atoms with Crippen LogP contribution >= 0.6 is 11.6 Å². The van der Waals surface area contributed by atoms with Gasteiger partial charge in [0.25, 0.3) is 0 Å². The lowest BCUT2D eigenvalue weighted by atomic mass is 10.2. The van der Waals surface area contributed by atoms with E-state index in [-0.39, 0.29) is 10.9 Å². The molecule has 4 nitrogen and oxygen atoms in total. The van der Waals surface area contributed by atoms with Gasteiger partial charge in [-0.3, -0.25) is 0 Å². The fraction of sp³-hybridized carbons (Fsp3) is 0.500. The SMILES string of the molecule is CCC(CCCl)NS(=O)(=O)c1ccc(OC)cc1. The second kappa shape index (κ2) is 6.97. The maximum absolute atomic E-state index is 12.1. The van der Waals surface area contributed by atoms with Crippen LogP contribution in [0.5, 0.6) is 5.75 Å². The molecule has 1 unspecified atom stereocenters. The molecule has 0 saturated heterocycles. The van der Waals surface area contributed by atoms with Crippen LogP contribution < -0.4 is 9.46 Å². The van der Waals surface area contributed by atoms with Gasteiger partial charge in [-0.05, 0) is 37.1 Å². The molecule has 0 aliphatic carbocycles. The summed E-state index contributed by atoms with van der Waals surface area (Å²) in [6, 6.07) is 6.16. The molecule has 18 heavy (non-hydrogen) atoms. The highest BCUT2D eigenvalue weighted by Crippen LogP contribution is 2.16. The Morgan fingerprint density at radius 2 is 1.94 bits per heavy atom. The Balaban J connectivity index is 2.84. The fourth-order valence-corrected chi connectivity index (χ4v) is 3.14. The molecule has 0 aliphatic heterocycles. The highest BCUT2D eigenvalue weighted by molar-refractivity contribution is 7.89. The summed E-state index contributed by atoms with van der Waals surface area (Å²) in [4.78, 5) is 0.233. The van der Waals surface area contributed by atoms with Crippen LogP contribution in [0, 0.1) is 0 Å². The predicted octanol–water partition coefficient (Wildman–Crippen LogP) is 2.38. The average molecular weight is 292 g/mol. The first kappa shape index (κ1) is 15.3. The van der Waals surface area contributed by atoms with E-state index >= 15 is 0 Å². The molecule has 1 aromatic carbocycles. The lowest BCUT2D eigenvalue weighted by molar-refractivity contribution is 0.414. The standard InChI is InChI=1S/C12H18ClNO3S/c1-3-10(8-9-13)14-18(15,16)12-6-4-11(17-2)5-7-12/h4-7,10,14H,3,8-9H2,1-2H3. The summed E-state index contributed by atoms with van der Waals surface area (Å²) in [5.74, 6) is 1.06. The Bertz CT molecular complexity index is 459. The summed E-state index contributed by atoms with van der Waals surface area (Å²) >= 11 is 5.64. The zero-order valence-corrected chi connectivity index (χ0v) is 12.1. The van der Waals surface area contributed by atoms with E-state index in [1.807, 2.05) is 6.92 Å². The van der Waals surface area contributed by atoms with Crippen LogP contribution in [-0.4, -0.2) is 27.4 Å². The molecule has 0 heterocycles. The summed E-state index contributed by atoms with van der Waals surface area (Å²) in [6.45, 7) is 1.92. The first-order valence-corrected chi connectivity index (χ1v) is 7.77. The van der Waals surface area contributed by atoms with Crippen molar-refractivity contribution >= 4 is 21.6 Å². The summed E-state index contributed by atoms with van der Waals surface area (Å²) in [5.41, 5.74) is 0. The lowest BCUT2D eigenvalue weighted by Crippen LogP contribution is -2.34. The molecule has 0 amide bonds. The molecule has 102 valence electrons. The van der Waals surface area contributed by atoms with Crippen molar-refractivity contribution in [2.24, 2.45) is 0 Å². The van der Waals surface area contributed by atoms with Crippen molar-refractivity contribution in [3.8, 4) is 5.75 Å². The molecule has 0 aromatic heterocycles. The zero-order chi connectivity index (χ0) is 13.6. The molecule has 0 spiro atoms. The monoisotopic (exact) mass is 291 g/mol. The van der Waals surface area contributed by atoms with Gasteiger partial charge in [0.1, 0.15) is 5.75 Å². The second-order valence-electron chi connectivity index (χ2n) is 3.88. The van der Waals surface area contributed by atoms with Crippen LogP contribution in [0.1, 0.15) is 19.8 Å². The van der Waals surface area contributed by atoms with E-state index in [2.05, 4.69) is 4.72 Å². The third-order valence-electron chi connectivity index (χ3n) is 2.64.